The Kier molecular flexibility index (Phi) is 5.40. The predicted octanol–water partition coefficient (Wildman–Crippen LogP) is 3.15. The van der Waals surface area contributed by atoms with E-state index >= 15 is 0 Å². The van der Waals surface area contributed by atoms with Crippen molar-refractivity contribution in [1.82, 2.24) is 5.32 Å². The number of anilines is 1. The molecule has 0 saturated heterocycles. The van der Waals surface area contributed by atoms with Crippen LogP contribution in [0.2, 0.25) is 0 Å². The van der Waals surface area contributed by atoms with E-state index in [0.717, 1.165) is 12.8 Å². The first kappa shape index (κ1) is 14.8. The Labute approximate surface area is 121 Å². The monoisotopic (exact) mass is 296 g/mol. The highest BCUT2D eigenvalue weighted by atomic mass is 32.2. The first-order chi connectivity index (χ1) is 9.65. The largest absolute Gasteiger partial charge is 0.325 e. The maximum Gasteiger partial charge on any atom is 0.325 e. The van der Waals surface area contributed by atoms with Crippen molar-refractivity contribution in [2.75, 3.05) is 11.1 Å². The lowest BCUT2D eigenvalue weighted by Gasteiger charge is -2.09. The number of halogens is 1. The maximum atomic E-state index is 13.3. The molecule has 6 heteroatoms. The van der Waals surface area contributed by atoms with Gasteiger partial charge in [-0.05, 0) is 25.0 Å². The van der Waals surface area contributed by atoms with Crippen LogP contribution >= 0.6 is 11.8 Å². The highest BCUT2D eigenvalue weighted by molar-refractivity contribution is 8.00. The molecule has 0 bridgehead atoms. The van der Waals surface area contributed by atoms with E-state index in [9.17, 15) is 14.0 Å². The molecule has 2 N–H and O–H groups in total. The Hall–Kier alpha value is -1.56. The molecule has 4 nitrogen and oxygen atoms in total. The van der Waals surface area contributed by atoms with Crippen molar-refractivity contribution in [3.63, 3.8) is 0 Å². The molecule has 0 spiro atoms. The van der Waals surface area contributed by atoms with Crippen LogP contribution < -0.4 is 10.6 Å². The van der Waals surface area contributed by atoms with Crippen LogP contribution in [0.3, 0.4) is 0 Å². The first-order valence-corrected chi connectivity index (χ1v) is 7.67. The molecule has 0 radical (unpaired) electrons. The van der Waals surface area contributed by atoms with Gasteiger partial charge >= 0.3 is 6.03 Å². The molecule has 1 fully saturated rings. The number of urea groups is 1. The third-order valence-electron chi connectivity index (χ3n) is 3.13. The molecule has 1 aliphatic carbocycles. The molecular formula is C14H17FN2O2S. The van der Waals surface area contributed by atoms with Gasteiger partial charge in [0, 0.05) is 5.25 Å². The SMILES string of the molecule is O=C(CSC1CCCC1)NC(=O)Nc1ccccc1F. The number of hydrogen-bond donors (Lipinski definition) is 2. The Morgan fingerprint density at radius 3 is 2.65 bits per heavy atom. The van der Waals surface area contributed by atoms with E-state index in [1.54, 1.807) is 17.8 Å². The zero-order valence-electron chi connectivity index (χ0n) is 11.0. The molecule has 1 saturated carbocycles. The van der Waals surface area contributed by atoms with E-state index in [0.29, 0.717) is 5.25 Å². The van der Waals surface area contributed by atoms with E-state index in [-0.39, 0.29) is 17.3 Å². The van der Waals surface area contributed by atoms with E-state index in [2.05, 4.69) is 10.6 Å². The summed E-state index contributed by atoms with van der Waals surface area (Å²) in [5, 5.41) is 5.04. The fourth-order valence-corrected chi connectivity index (χ4v) is 3.25. The van der Waals surface area contributed by atoms with Crippen molar-refractivity contribution >= 4 is 29.4 Å². The number of imide groups is 1. The lowest BCUT2D eigenvalue weighted by atomic mass is 10.3. The summed E-state index contributed by atoms with van der Waals surface area (Å²) in [6.45, 7) is 0. The fourth-order valence-electron chi connectivity index (χ4n) is 2.13. The van der Waals surface area contributed by atoms with E-state index < -0.39 is 11.8 Å². The predicted molar refractivity (Wildman–Crippen MR) is 78.3 cm³/mol. The molecule has 0 atom stereocenters. The van der Waals surface area contributed by atoms with Gasteiger partial charge < -0.3 is 5.32 Å². The Bertz CT molecular complexity index is 490. The number of carbonyl (C=O) groups excluding carboxylic acids is 2. The minimum Gasteiger partial charge on any atom is -0.305 e. The van der Waals surface area contributed by atoms with Gasteiger partial charge in [-0.25, -0.2) is 9.18 Å². The summed E-state index contributed by atoms with van der Waals surface area (Å²) in [5.74, 6) is -0.624. The summed E-state index contributed by atoms with van der Waals surface area (Å²) < 4.78 is 13.3. The van der Waals surface area contributed by atoms with Crippen molar-refractivity contribution in [3.8, 4) is 0 Å². The molecule has 0 heterocycles. The Morgan fingerprint density at radius 2 is 1.95 bits per heavy atom. The molecule has 1 aromatic rings. The highest BCUT2D eigenvalue weighted by Crippen LogP contribution is 2.29. The lowest BCUT2D eigenvalue weighted by molar-refractivity contribution is -0.117. The van der Waals surface area contributed by atoms with Crippen molar-refractivity contribution in [1.29, 1.82) is 0 Å². The van der Waals surface area contributed by atoms with Crippen molar-refractivity contribution in [3.05, 3.63) is 30.1 Å². The van der Waals surface area contributed by atoms with Crippen LogP contribution in [0.4, 0.5) is 14.9 Å². The first-order valence-electron chi connectivity index (χ1n) is 6.62. The second-order valence-corrected chi connectivity index (χ2v) is 5.99. The van der Waals surface area contributed by atoms with E-state index in [4.69, 9.17) is 0 Å². The van der Waals surface area contributed by atoms with Gasteiger partial charge in [-0.2, -0.15) is 0 Å². The number of nitrogens with one attached hydrogen (secondary N) is 2. The Balaban J connectivity index is 1.73. The molecule has 108 valence electrons. The number of carbonyl (C=O) groups is 2. The second kappa shape index (κ2) is 7.28. The van der Waals surface area contributed by atoms with Gasteiger partial charge in [0.1, 0.15) is 5.82 Å². The van der Waals surface area contributed by atoms with Crippen LogP contribution in [0.5, 0.6) is 0 Å². The molecule has 0 unspecified atom stereocenters. The minimum atomic E-state index is -0.702. The number of thioether (sulfide) groups is 1. The second-order valence-electron chi connectivity index (χ2n) is 4.70. The number of para-hydroxylation sites is 1. The average molecular weight is 296 g/mol. The van der Waals surface area contributed by atoms with Crippen LogP contribution in [-0.2, 0) is 4.79 Å². The zero-order valence-corrected chi connectivity index (χ0v) is 11.8. The topological polar surface area (TPSA) is 58.2 Å². The zero-order chi connectivity index (χ0) is 14.4. The molecule has 3 amide bonds. The highest BCUT2D eigenvalue weighted by Gasteiger charge is 2.17. The van der Waals surface area contributed by atoms with Gasteiger partial charge in [0.25, 0.3) is 0 Å². The summed E-state index contributed by atoms with van der Waals surface area (Å²) >= 11 is 1.58. The van der Waals surface area contributed by atoms with Crippen LogP contribution in [0.15, 0.2) is 24.3 Å². The molecule has 0 aliphatic heterocycles. The molecule has 20 heavy (non-hydrogen) atoms. The third-order valence-corrected chi connectivity index (χ3v) is 4.50. The Morgan fingerprint density at radius 1 is 1.25 bits per heavy atom. The summed E-state index contributed by atoms with van der Waals surface area (Å²) in [5.41, 5.74) is 0.0567. The van der Waals surface area contributed by atoms with Gasteiger partial charge in [-0.1, -0.05) is 25.0 Å². The van der Waals surface area contributed by atoms with Crippen molar-refractivity contribution in [2.24, 2.45) is 0 Å². The molecule has 0 aromatic heterocycles. The van der Waals surface area contributed by atoms with Gasteiger partial charge in [0.2, 0.25) is 5.91 Å². The van der Waals surface area contributed by atoms with Gasteiger partial charge in [0.15, 0.2) is 0 Å². The fraction of sp³-hybridized carbons (Fsp3) is 0.429. The smallest absolute Gasteiger partial charge is 0.305 e. The quantitative estimate of drug-likeness (QED) is 0.897. The molecular weight excluding hydrogens is 279 g/mol. The average Bonchev–Trinajstić information content (AvgIpc) is 2.92. The lowest BCUT2D eigenvalue weighted by Crippen LogP contribution is -2.36. The van der Waals surface area contributed by atoms with Crippen LogP contribution in [-0.4, -0.2) is 22.9 Å². The molecule has 2 rings (SSSR count). The van der Waals surface area contributed by atoms with Crippen LogP contribution in [0, 0.1) is 5.82 Å². The van der Waals surface area contributed by atoms with E-state index in [1.165, 1.54) is 31.0 Å². The van der Waals surface area contributed by atoms with Crippen molar-refractivity contribution < 1.29 is 14.0 Å². The summed E-state index contributed by atoms with van der Waals surface area (Å²) in [6.07, 6.45) is 4.71. The summed E-state index contributed by atoms with van der Waals surface area (Å²) in [7, 11) is 0. The van der Waals surface area contributed by atoms with Crippen LogP contribution in [0.25, 0.3) is 0 Å². The standard InChI is InChI=1S/C14H17FN2O2S/c15-11-7-3-4-8-12(11)16-14(19)17-13(18)9-20-10-5-1-2-6-10/h3-4,7-8,10H,1-2,5-6,9H2,(H2,16,17,18,19). The van der Waals surface area contributed by atoms with Gasteiger partial charge in [0.05, 0.1) is 11.4 Å². The maximum absolute atomic E-state index is 13.3. The molecule has 1 aliphatic rings. The normalized spacial score (nSPS) is 15.1. The van der Waals surface area contributed by atoms with Gasteiger partial charge in [-0.15, -0.1) is 11.8 Å². The third kappa shape index (κ3) is 4.52. The molecule has 1 aromatic carbocycles. The van der Waals surface area contributed by atoms with Gasteiger partial charge in [-0.3, -0.25) is 10.1 Å². The van der Waals surface area contributed by atoms with E-state index in [1.807, 2.05) is 0 Å². The summed E-state index contributed by atoms with van der Waals surface area (Å²) in [6, 6.07) is 5.12. The number of hydrogen-bond acceptors (Lipinski definition) is 3. The minimum absolute atomic E-state index is 0.0567. The van der Waals surface area contributed by atoms with Crippen LogP contribution in [0.1, 0.15) is 25.7 Å². The summed E-state index contributed by atoms with van der Waals surface area (Å²) in [4.78, 5) is 23.2. The number of benzene rings is 1. The number of rotatable bonds is 4. The van der Waals surface area contributed by atoms with Crippen molar-refractivity contribution in [2.45, 2.75) is 30.9 Å². The number of amides is 3.